The van der Waals surface area contributed by atoms with Crippen molar-refractivity contribution in [2.24, 2.45) is 0 Å². The summed E-state index contributed by atoms with van der Waals surface area (Å²) in [4.78, 5) is 0. The normalized spacial score (nSPS) is 16.5. The fourth-order valence-corrected chi connectivity index (χ4v) is 3.29. The molecule has 0 aliphatic carbocycles. The van der Waals surface area contributed by atoms with Crippen molar-refractivity contribution in [2.75, 3.05) is 0 Å². The molecule has 0 fully saturated rings. The molecule has 3 nitrogen and oxygen atoms in total. The monoisotopic (exact) mass is 316 g/mol. The smallest absolute Gasteiger partial charge is 0.119 e. The van der Waals surface area contributed by atoms with Crippen molar-refractivity contribution in [1.82, 2.24) is 0 Å². The molecule has 2 unspecified atom stereocenters. The SMILES string of the molecule is CCCCC(O)C(O)(CCCC)C(O)(CCCC)CCCC. The lowest BCUT2D eigenvalue weighted by molar-refractivity contribution is -0.215. The van der Waals surface area contributed by atoms with Gasteiger partial charge in [-0.3, -0.25) is 0 Å². The van der Waals surface area contributed by atoms with Crippen molar-refractivity contribution in [3.05, 3.63) is 0 Å². The van der Waals surface area contributed by atoms with Crippen molar-refractivity contribution in [3.8, 4) is 0 Å². The highest BCUT2D eigenvalue weighted by Crippen LogP contribution is 2.40. The lowest BCUT2D eigenvalue weighted by Gasteiger charge is -2.47. The minimum atomic E-state index is -1.37. The van der Waals surface area contributed by atoms with Gasteiger partial charge in [0, 0.05) is 0 Å². The Morgan fingerprint density at radius 1 is 0.682 bits per heavy atom. The Kier molecular flexibility index (Phi) is 11.4. The summed E-state index contributed by atoms with van der Waals surface area (Å²) in [5.74, 6) is 0. The van der Waals surface area contributed by atoms with E-state index in [4.69, 9.17) is 0 Å². The molecule has 0 aromatic rings. The highest BCUT2D eigenvalue weighted by Gasteiger charge is 2.51. The van der Waals surface area contributed by atoms with E-state index in [1.807, 2.05) is 0 Å². The van der Waals surface area contributed by atoms with E-state index in [2.05, 4.69) is 27.7 Å². The summed E-state index contributed by atoms with van der Waals surface area (Å²) in [7, 11) is 0. The van der Waals surface area contributed by atoms with Crippen LogP contribution in [0.3, 0.4) is 0 Å². The average molecular weight is 317 g/mol. The van der Waals surface area contributed by atoms with Crippen LogP contribution in [-0.2, 0) is 0 Å². The molecule has 0 radical (unpaired) electrons. The molecule has 2 atom stereocenters. The van der Waals surface area contributed by atoms with Crippen LogP contribution in [0.1, 0.15) is 105 Å². The van der Waals surface area contributed by atoms with Gasteiger partial charge < -0.3 is 15.3 Å². The summed E-state index contributed by atoms with van der Waals surface area (Å²) >= 11 is 0. The minimum absolute atomic E-state index is 0.484. The molecule has 134 valence electrons. The molecule has 0 saturated carbocycles. The van der Waals surface area contributed by atoms with Crippen molar-refractivity contribution in [1.29, 1.82) is 0 Å². The zero-order valence-electron chi connectivity index (χ0n) is 15.4. The van der Waals surface area contributed by atoms with E-state index >= 15 is 0 Å². The quantitative estimate of drug-likeness (QED) is 0.440. The Hall–Kier alpha value is -0.120. The van der Waals surface area contributed by atoms with Crippen LogP contribution in [0.4, 0.5) is 0 Å². The predicted molar refractivity (Wildman–Crippen MR) is 94.0 cm³/mol. The summed E-state index contributed by atoms with van der Waals surface area (Å²) in [6.07, 6.45) is 8.78. The van der Waals surface area contributed by atoms with E-state index in [0.717, 1.165) is 51.4 Å². The Morgan fingerprint density at radius 2 is 1.09 bits per heavy atom. The van der Waals surface area contributed by atoms with Gasteiger partial charge in [-0.2, -0.15) is 0 Å². The first-order valence-electron chi connectivity index (χ1n) is 9.54. The highest BCUT2D eigenvalue weighted by atomic mass is 16.4. The van der Waals surface area contributed by atoms with Crippen LogP contribution in [0.15, 0.2) is 0 Å². The van der Waals surface area contributed by atoms with Gasteiger partial charge in [-0.15, -0.1) is 0 Å². The van der Waals surface area contributed by atoms with Gasteiger partial charge in [0.05, 0.1) is 11.7 Å². The first-order valence-corrected chi connectivity index (χ1v) is 9.54. The molecule has 0 rings (SSSR count). The molecule has 0 heterocycles. The Balaban J connectivity index is 5.30. The van der Waals surface area contributed by atoms with Gasteiger partial charge in [0.25, 0.3) is 0 Å². The molecule has 0 aromatic carbocycles. The summed E-state index contributed by atoms with van der Waals surface area (Å²) in [5, 5.41) is 33.2. The lowest BCUT2D eigenvalue weighted by Crippen LogP contribution is -2.61. The zero-order valence-corrected chi connectivity index (χ0v) is 15.4. The molecular formula is C19H40O3. The Labute approximate surface area is 138 Å². The topological polar surface area (TPSA) is 60.7 Å². The molecule has 0 aromatic heterocycles. The Morgan fingerprint density at radius 3 is 1.50 bits per heavy atom. The maximum absolute atomic E-state index is 11.3. The number of hydrogen-bond acceptors (Lipinski definition) is 3. The molecule has 0 aliphatic rings. The van der Waals surface area contributed by atoms with Crippen molar-refractivity contribution < 1.29 is 15.3 Å². The maximum Gasteiger partial charge on any atom is 0.119 e. The number of aliphatic hydroxyl groups excluding tert-OH is 1. The van der Waals surface area contributed by atoms with Crippen LogP contribution in [0.2, 0.25) is 0 Å². The first kappa shape index (κ1) is 21.9. The minimum Gasteiger partial charge on any atom is -0.390 e. The van der Waals surface area contributed by atoms with Crippen LogP contribution in [0.5, 0.6) is 0 Å². The van der Waals surface area contributed by atoms with Gasteiger partial charge in [-0.25, -0.2) is 0 Å². The third-order valence-corrected chi connectivity index (χ3v) is 4.99. The second-order valence-corrected chi connectivity index (χ2v) is 6.92. The summed E-state index contributed by atoms with van der Waals surface area (Å²) in [6, 6.07) is 0. The molecule has 0 amide bonds. The summed E-state index contributed by atoms with van der Waals surface area (Å²) < 4.78 is 0. The fraction of sp³-hybridized carbons (Fsp3) is 1.00. The highest BCUT2D eigenvalue weighted by molar-refractivity contribution is 5.04. The van der Waals surface area contributed by atoms with Crippen molar-refractivity contribution in [2.45, 2.75) is 122 Å². The van der Waals surface area contributed by atoms with Gasteiger partial charge in [0.2, 0.25) is 0 Å². The molecular weight excluding hydrogens is 276 g/mol. The van der Waals surface area contributed by atoms with Crippen LogP contribution < -0.4 is 0 Å². The summed E-state index contributed by atoms with van der Waals surface area (Å²) in [5.41, 5.74) is -2.54. The lowest BCUT2D eigenvalue weighted by atomic mass is 9.69. The van der Waals surface area contributed by atoms with E-state index in [9.17, 15) is 15.3 Å². The molecule has 0 saturated heterocycles. The van der Waals surface area contributed by atoms with E-state index < -0.39 is 17.3 Å². The van der Waals surface area contributed by atoms with Gasteiger partial charge in [0.1, 0.15) is 5.60 Å². The number of rotatable bonds is 14. The molecule has 22 heavy (non-hydrogen) atoms. The van der Waals surface area contributed by atoms with Gasteiger partial charge in [-0.1, -0.05) is 79.1 Å². The van der Waals surface area contributed by atoms with Gasteiger partial charge >= 0.3 is 0 Å². The third kappa shape index (κ3) is 6.17. The molecule has 0 spiro atoms. The third-order valence-electron chi connectivity index (χ3n) is 4.99. The van der Waals surface area contributed by atoms with E-state index in [1.165, 1.54) is 0 Å². The maximum atomic E-state index is 11.3. The zero-order chi connectivity index (χ0) is 17.1. The molecule has 0 bridgehead atoms. The van der Waals surface area contributed by atoms with Crippen LogP contribution in [0, 0.1) is 0 Å². The van der Waals surface area contributed by atoms with Gasteiger partial charge in [-0.05, 0) is 25.7 Å². The van der Waals surface area contributed by atoms with Crippen LogP contribution >= 0.6 is 0 Å². The first-order chi connectivity index (χ1) is 10.4. The largest absolute Gasteiger partial charge is 0.390 e. The van der Waals surface area contributed by atoms with Crippen molar-refractivity contribution >= 4 is 0 Å². The molecule has 0 aliphatic heterocycles. The fourth-order valence-electron chi connectivity index (χ4n) is 3.29. The second kappa shape index (κ2) is 11.4. The molecule has 3 N–H and O–H groups in total. The number of aliphatic hydroxyl groups is 3. The Bertz CT molecular complexity index is 259. The van der Waals surface area contributed by atoms with E-state index in [0.29, 0.717) is 25.7 Å². The van der Waals surface area contributed by atoms with Crippen LogP contribution in [0.25, 0.3) is 0 Å². The van der Waals surface area contributed by atoms with E-state index in [1.54, 1.807) is 0 Å². The van der Waals surface area contributed by atoms with E-state index in [-0.39, 0.29) is 0 Å². The van der Waals surface area contributed by atoms with Crippen LogP contribution in [-0.4, -0.2) is 32.6 Å². The predicted octanol–water partition coefficient (Wildman–Crippen LogP) is 4.57. The number of unbranched alkanes of at least 4 members (excludes halogenated alkanes) is 4. The van der Waals surface area contributed by atoms with Crippen molar-refractivity contribution in [3.63, 3.8) is 0 Å². The number of hydrogen-bond donors (Lipinski definition) is 3. The molecule has 3 heteroatoms. The average Bonchev–Trinajstić information content (AvgIpc) is 2.53. The summed E-state index contributed by atoms with van der Waals surface area (Å²) in [6.45, 7) is 8.35. The van der Waals surface area contributed by atoms with Gasteiger partial charge in [0.15, 0.2) is 0 Å². The second-order valence-electron chi connectivity index (χ2n) is 6.92. The standard InChI is InChI=1S/C19H40O3/c1-5-9-13-17(20)19(22,16-12-8-4)18(21,14-10-6-2)15-11-7-3/h17,20-22H,5-16H2,1-4H3.